The maximum Gasteiger partial charge on any atom is 0.243 e. The van der Waals surface area contributed by atoms with Crippen LogP contribution >= 0.6 is 0 Å². The third kappa shape index (κ3) is 4.57. The van der Waals surface area contributed by atoms with Gasteiger partial charge in [-0.25, -0.2) is 13.4 Å². The van der Waals surface area contributed by atoms with Gasteiger partial charge in [-0.05, 0) is 31.2 Å². The normalized spacial score (nSPS) is 16.9. The van der Waals surface area contributed by atoms with Crippen molar-refractivity contribution in [3.05, 3.63) is 71.4 Å². The van der Waals surface area contributed by atoms with Crippen LogP contribution in [0, 0.1) is 6.92 Å². The topological polar surface area (TPSA) is 84.9 Å². The number of rotatable bonds is 5. The van der Waals surface area contributed by atoms with E-state index in [1.807, 2.05) is 31.2 Å². The summed E-state index contributed by atoms with van der Waals surface area (Å²) in [7, 11) is -3.64. The van der Waals surface area contributed by atoms with Crippen LogP contribution < -0.4 is 9.64 Å². The smallest absolute Gasteiger partial charge is 0.243 e. The van der Waals surface area contributed by atoms with E-state index in [0.29, 0.717) is 62.4 Å². The number of anilines is 1. The summed E-state index contributed by atoms with van der Waals surface area (Å²) in [4.78, 5) is 11.9. The Balaban J connectivity index is 1.52. The molecule has 0 bridgehead atoms. The number of benzene rings is 2. The van der Waals surface area contributed by atoms with Crippen LogP contribution in [0.1, 0.15) is 16.8 Å². The highest BCUT2D eigenvalue weighted by atomic mass is 32.2. The summed E-state index contributed by atoms with van der Waals surface area (Å²) in [6.07, 6.45) is 0.492. The molecule has 33 heavy (non-hydrogen) atoms. The number of hydrogen-bond acceptors (Lipinski definition) is 7. The number of ether oxygens (including phenoxy) is 2. The van der Waals surface area contributed by atoms with E-state index in [1.165, 1.54) is 4.31 Å². The maximum atomic E-state index is 13.2. The van der Waals surface area contributed by atoms with Crippen molar-refractivity contribution in [2.75, 3.05) is 37.7 Å². The zero-order chi connectivity index (χ0) is 22.8. The van der Waals surface area contributed by atoms with Crippen LogP contribution in [0.15, 0.2) is 59.5 Å². The molecule has 0 unspecified atom stereocenters. The van der Waals surface area contributed by atoms with Gasteiger partial charge in [-0.15, -0.1) is 0 Å². The van der Waals surface area contributed by atoms with Crippen molar-refractivity contribution in [2.24, 2.45) is 0 Å². The van der Waals surface area contributed by atoms with Crippen molar-refractivity contribution < 1.29 is 17.9 Å². The van der Waals surface area contributed by atoms with Gasteiger partial charge in [-0.2, -0.15) is 9.29 Å². The highest BCUT2D eigenvalue weighted by Gasteiger charge is 2.32. The lowest BCUT2D eigenvalue weighted by Crippen LogP contribution is -2.39. The molecule has 2 aromatic carbocycles. The Morgan fingerprint density at radius 1 is 0.939 bits per heavy atom. The van der Waals surface area contributed by atoms with Crippen LogP contribution in [0.3, 0.4) is 0 Å². The summed E-state index contributed by atoms with van der Waals surface area (Å²) in [5.74, 6) is 1.65. The fourth-order valence-electron chi connectivity index (χ4n) is 4.00. The predicted octanol–water partition coefficient (Wildman–Crippen LogP) is 3.16. The predicted molar refractivity (Wildman–Crippen MR) is 124 cm³/mol. The third-order valence-corrected chi connectivity index (χ3v) is 7.75. The van der Waals surface area contributed by atoms with Crippen molar-refractivity contribution in [1.82, 2.24) is 14.3 Å². The molecule has 8 nitrogen and oxygen atoms in total. The number of hydrogen-bond donors (Lipinski definition) is 0. The molecule has 0 amide bonds. The van der Waals surface area contributed by atoms with E-state index >= 15 is 0 Å². The van der Waals surface area contributed by atoms with E-state index in [1.54, 1.807) is 30.3 Å². The van der Waals surface area contributed by atoms with Crippen LogP contribution in [-0.4, -0.2) is 55.5 Å². The Kier molecular flexibility index (Phi) is 6.01. The second kappa shape index (κ2) is 9.09. The van der Waals surface area contributed by atoms with Crippen LogP contribution in [0.25, 0.3) is 0 Å². The van der Waals surface area contributed by atoms with Gasteiger partial charge in [0.05, 0.1) is 29.4 Å². The van der Waals surface area contributed by atoms with E-state index < -0.39 is 10.0 Å². The van der Waals surface area contributed by atoms with Gasteiger partial charge in [0.2, 0.25) is 21.9 Å². The molecule has 0 spiro atoms. The Bertz CT molecular complexity index is 1230. The van der Waals surface area contributed by atoms with Crippen molar-refractivity contribution in [2.45, 2.75) is 24.8 Å². The van der Waals surface area contributed by atoms with Gasteiger partial charge < -0.3 is 14.4 Å². The second-order valence-corrected chi connectivity index (χ2v) is 10.1. The Morgan fingerprint density at radius 2 is 1.67 bits per heavy atom. The van der Waals surface area contributed by atoms with E-state index in [0.717, 1.165) is 11.3 Å². The van der Waals surface area contributed by atoms with Crippen LogP contribution in [-0.2, 0) is 27.7 Å². The molecule has 3 aromatic rings. The van der Waals surface area contributed by atoms with E-state index in [2.05, 4.69) is 4.90 Å². The molecule has 1 aromatic heterocycles. The SMILES string of the molecule is Cc1ccc(Oc2nc(N3CCOCC3)nc3c2CN(S(=O)(=O)c2ccccc2)CC3)cc1. The first kappa shape index (κ1) is 21.8. The Morgan fingerprint density at radius 3 is 2.39 bits per heavy atom. The molecular weight excluding hydrogens is 440 g/mol. The molecule has 1 saturated heterocycles. The zero-order valence-corrected chi connectivity index (χ0v) is 19.3. The third-order valence-electron chi connectivity index (χ3n) is 5.89. The molecule has 9 heteroatoms. The standard InChI is InChI=1S/C24H26N4O4S/c1-18-7-9-19(10-8-18)32-23-21-17-28(33(29,30)20-5-3-2-4-6-20)12-11-22(21)25-24(26-23)27-13-15-31-16-14-27/h2-10H,11-17H2,1H3. The van der Waals surface area contributed by atoms with Crippen molar-refractivity contribution in [3.8, 4) is 11.6 Å². The van der Waals surface area contributed by atoms with Crippen molar-refractivity contribution in [3.63, 3.8) is 0 Å². The quantitative estimate of drug-likeness (QED) is 0.571. The fraction of sp³-hybridized carbons (Fsp3) is 0.333. The second-order valence-electron chi connectivity index (χ2n) is 8.17. The van der Waals surface area contributed by atoms with Crippen LogP contribution in [0.4, 0.5) is 5.95 Å². The lowest BCUT2D eigenvalue weighted by atomic mass is 10.1. The molecule has 0 saturated carbocycles. The van der Waals surface area contributed by atoms with E-state index in [9.17, 15) is 8.42 Å². The van der Waals surface area contributed by atoms with E-state index in [-0.39, 0.29) is 11.4 Å². The van der Waals surface area contributed by atoms with Gasteiger partial charge in [-0.1, -0.05) is 35.9 Å². The fourth-order valence-corrected chi connectivity index (χ4v) is 5.43. The van der Waals surface area contributed by atoms with Gasteiger partial charge in [0, 0.05) is 32.6 Å². The molecule has 2 aliphatic rings. The molecule has 0 aliphatic carbocycles. The summed E-state index contributed by atoms with van der Waals surface area (Å²) in [5.41, 5.74) is 2.66. The molecule has 1 fully saturated rings. The summed E-state index contributed by atoms with van der Waals surface area (Å²) in [6.45, 7) is 5.19. The number of morpholine rings is 1. The molecular formula is C24H26N4O4S. The van der Waals surface area contributed by atoms with Crippen LogP contribution in [0.5, 0.6) is 11.6 Å². The van der Waals surface area contributed by atoms with Gasteiger partial charge >= 0.3 is 0 Å². The minimum absolute atomic E-state index is 0.164. The number of aryl methyl sites for hydroxylation is 1. The minimum atomic E-state index is -3.64. The first-order valence-electron chi connectivity index (χ1n) is 11.0. The van der Waals surface area contributed by atoms with Crippen molar-refractivity contribution >= 4 is 16.0 Å². The zero-order valence-electron chi connectivity index (χ0n) is 18.5. The van der Waals surface area contributed by atoms with Crippen LogP contribution in [0.2, 0.25) is 0 Å². The van der Waals surface area contributed by atoms with E-state index in [4.69, 9.17) is 19.4 Å². The lowest BCUT2D eigenvalue weighted by Gasteiger charge is -2.31. The average molecular weight is 467 g/mol. The maximum absolute atomic E-state index is 13.2. The summed E-state index contributed by atoms with van der Waals surface area (Å²) < 4.78 is 39.6. The average Bonchev–Trinajstić information content (AvgIpc) is 2.86. The summed E-state index contributed by atoms with van der Waals surface area (Å²) >= 11 is 0. The van der Waals surface area contributed by atoms with Gasteiger partial charge in [0.15, 0.2) is 0 Å². The Labute approximate surface area is 193 Å². The monoisotopic (exact) mass is 466 g/mol. The minimum Gasteiger partial charge on any atom is -0.439 e. The number of aromatic nitrogens is 2. The molecule has 0 radical (unpaired) electrons. The molecule has 2 aliphatic heterocycles. The number of sulfonamides is 1. The van der Waals surface area contributed by atoms with Gasteiger partial charge in [-0.3, -0.25) is 0 Å². The first-order chi connectivity index (χ1) is 16.0. The Hall–Kier alpha value is -3.01. The summed E-state index contributed by atoms with van der Waals surface area (Å²) in [6, 6.07) is 16.2. The number of fused-ring (bicyclic) bond motifs is 1. The van der Waals surface area contributed by atoms with Gasteiger partial charge in [0.1, 0.15) is 5.75 Å². The van der Waals surface area contributed by atoms with Crippen molar-refractivity contribution in [1.29, 1.82) is 0 Å². The van der Waals surface area contributed by atoms with Gasteiger partial charge in [0.25, 0.3) is 0 Å². The molecule has 0 atom stereocenters. The first-order valence-corrected chi connectivity index (χ1v) is 12.5. The molecule has 0 N–H and O–H groups in total. The highest BCUT2D eigenvalue weighted by molar-refractivity contribution is 7.89. The lowest BCUT2D eigenvalue weighted by molar-refractivity contribution is 0.122. The molecule has 5 rings (SSSR count). The number of nitrogens with zero attached hydrogens (tertiary/aromatic N) is 4. The largest absolute Gasteiger partial charge is 0.439 e. The molecule has 172 valence electrons. The molecule has 3 heterocycles. The highest BCUT2D eigenvalue weighted by Crippen LogP contribution is 2.33. The summed E-state index contributed by atoms with van der Waals surface area (Å²) in [5, 5.41) is 0.